The molecular weight excluding hydrogens is 277 g/mol. The molecule has 3 aromatic rings. The highest BCUT2D eigenvalue weighted by Crippen LogP contribution is 2.30. The summed E-state index contributed by atoms with van der Waals surface area (Å²) in [5.41, 5.74) is 1.11. The third-order valence-electron chi connectivity index (χ3n) is 2.31. The minimum Gasteiger partial charge on any atom is -0.431 e. The van der Waals surface area contributed by atoms with Crippen molar-refractivity contribution in [3.63, 3.8) is 0 Å². The highest BCUT2D eigenvalue weighted by molar-refractivity contribution is 7.99. The van der Waals surface area contributed by atoms with Gasteiger partial charge in [-0.2, -0.15) is 4.39 Å². The molecule has 0 atom stereocenters. The third-order valence-corrected chi connectivity index (χ3v) is 3.14. The molecule has 0 bridgehead atoms. The smallest absolute Gasteiger partial charge is 0.263 e. The Balaban J connectivity index is 1.98. The predicted octanol–water partition coefficient (Wildman–Crippen LogP) is 3.79. The number of aromatic nitrogens is 2. The minimum absolute atomic E-state index is 0.110. The highest BCUT2D eigenvalue weighted by atomic mass is 32.2. The molecule has 0 spiro atoms. The van der Waals surface area contributed by atoms with Gasteiger partial charge in [-0.15, -0.1) is 0 Å². The molecular formula is C12H5F3N2OS. The second-order valence-corrected chi connectivity index (χ2v) is 4.54. The Morgan fingerprint density at radius 2 is 1.79 bits per heavy atom. The number of nitrogens with zero attached hydrogens (tertiary/aromatic N) is 2. The molecule has 7 heteroatoms. The van der Waals surface area contributed by atoms with E-state index in [2.05, 4.69) is 9.97 Å². The van der Waals surface area contributed by atoms with Gasteiger partial charge >= 0.3 is 0 Å². The topological polar surface area (TPSA) is 38.9 Å². The van der Waals surface area contributed by atoms with Crippen molar-refractivity contribution in [3.05, 3.63) is 47.9 Å². The molecule has 0 saturated heterocycles. The van der Waals surface area contributed by atoms with E-state index >= 15 is 0 Å². The van der Waals surface area contributed by atoms with Gasteiger partial charge in [-0.05, 0) is 23.9 Å². The lowest BCUT2D eigenvalue weighted by Crippen LogP contribution is -1.95. The van der Waals surface area contributed by atoms with E-state index in [1.54, 1.807) is 24.3 Å². The van der Waals surface area contributed by atoms with Crippen LogP contribution < -0.4 is 0 Å². The van der Waals surface area contributed by atoms with Crippen LogP contribution in [0.25, 0.3) is 11.1 Å². The summed E-state index contributed by atoms with van der Waals surface area (Å²) in [5, 5.41) is -0.218. The van der Waals surface area contributed by atoms with Crippen molar-refractivity contribution in [1.82, 2.24) is 9.97 Å². The summed E-state index contributed by atoms with van der Waals surface area (Å²) in [5.74, 6) is -3.66. The van der Waals surface area contributed by atoms with Crippen molar-refractivity contribution in [3.8, 4) is 0 Å². The number of pyridine rings is 1. The minimum atomic E-state index is -1.36. The molecule has 0 radical (unpaired) electrons. The molecule has 0 fully saturated rings. The lowest BCUT2D eigenvalue weighted by Gasteiger charge is -1.99. The molecule has 96 valence electrons. The van der Waals surface area contributed by atoms with Crippen LogP contribution in [0.2, 0.25) is 0 Å². The fraction of sp³-hybridized carbons (Fsp3) is 0. The number of rotatable bonds is 2. The first-order chi connectivity index (χ1) is 9.13. The number of para-hydroxylation sites is 2. The molecule has 2 aromatic heterocycles. The Kier molecular flexibility index (Phi) is 2.90. The molecule has 3 nitrogen and oxygen atoms in total. The van der Waals surface area contributed by atoms with Crippen LogP contribution >= 0.6 is 11.8 Å². The van der Waals surface area contributed by atoms with Crippen molar-refractivity contribution in [2.24, 2.45) is 0 Å². The molecule has 0 aliphatic rings. The molecule has 0 aliphatic heterocycles. The third kappa shape index (κ3) is 2.28. The van der Waals surface area contributed by atoms with Gasteiger partial charge in [0.1, 0.15) is 10.5 Å². The van der Waals surface area contributed by atoms with E-state index in [4.69, 9.17) is 4.42 Å². The number of hydrogen-bond donors (Lipinski definition) is 0. The maximum Gasteiger partial charge on any atom is 0.263 e. The zero-order chi connectivity index (χ0) is 13.4. The maximum absolute atomic E-state index is 13.4. The van der Waals surface area contributed by atoms with Crippen LogP contribution in [0.5, 0.6) is 0 Å². The van der Waals surface area contributed by atoms with Crippen LogP contribution in [0, 0.1) is 17.6 Å². The lowest BCUT2D eigenvalue weighted by molar-refractivity contribution is 0.445. The molecule has 0 unspecified atom stereocenters. The van der Waals surface area contributed by atoms with Gasteiger partial charge in [0.25, 0.3) is 5.22 Å². The SMILES string of the molecule is Fc1cc(F)c(Sc2nc3ccccc3o2)nc1F. The van der Waals surface area contributed by atoms with Crippen LogP contribution in [0.15, 0.2) is 45.0 Å². The summed E-state index contributed by atoms with van der Waals surface area (Å²) < 4.78 is 44.4. The average Bonchev–Trinajstić information content (AvgIpc) is 2.78. The Hall–Kier alpha value is -2.02. The van der Waals surface area contributed by atoms with E-state index in [9.17, 15) is 13.2 Å². The number of fused-ring (bicyclic) bond motifs is 1. The summed E-state index contributed by atoms with van der Waals surface area (Å²) in [6.07, 6.45) is 0. The van der Waals surface area contributed by atoms with Crippen LogP contribution in [0.4, 0.5) is 13.2 Å². The molecule has 0 aliphatic carbocycles. The summed E-state index contributed by atoms with van der Waals surface area (Å²) >= 11 is 0.692. The maximum atomic E-state index is 13.4. The van der Waals surface area contributed by atoms with Gasteiger partial charge in [0.2, 0.25) is 5.95 Å². The number of benzene rings is 1. The molecule has 2 heterocycles. The van der Waals surface area contributed by atoms with Gasteiger partial charge < -0.3 is 4.42 Å². The van der Waals surface area contributed by atoms with E-state index in [-0.39, 0.29) is 10.2 Å². The average molecular weight is 282 g/mol. The molecule has 0 amide bonds. The van der Waals surface area contributed by atoms with Gasteiger partial charge in [-0.25, -0.2) is 18.7 Å². The number of halogens is 3. The molecule has 3 rings (SSSR count). The summed E-state index contributed by atoms with van der Waals surface area (Å²) in [7, 11) is 0. The van der Waals surface area contributed by atoms with Crippen LogP contribution in [0.3, 0.4) is 0 Å². The largest absolute Gasteiger partial charge is 0.431 e. The van der Waals surface area contributed by atoms with Crippen molar-refractivity contribution in [1.29, 1.82) is 0 Å². The van der Waals surface area contributed by atoms with E-state index in [0.717, 1.165) is 0 Å². The first-order valence-electron chi connectivity index (χ1n) is 5.18. The van der Waals surface area contributed by atoms with Gasteiger partial charge in [0.05, 0.1) is 0 Å². The molecule has 0 saturated carbocycles. The van der Waals surface area contributed by atoms with E-state index in [1.165, 1.54) is 0 Å². The Bertz CT molecular complexity index is 727. The standard InChI is InChI=1S/C12H5F3N2OS/c13-6-5-7(14)11(17-10(6)15)19-12-16-8-3-1-2-4-9(8)18-12/h1-5H. The van der Waals surface area contributed by atoms with E-state index in [1.807, 2.05) is 0 Å². The normalized spacial score (nSPS) is 11.1. The number of hydrogen-bond acceptors (Lipinski definition) is 4. The second-order valence-electron chi connectivity index (χ2n) is 3.60. The van der Waals surface area contributed by atoms with Crippen molar-refractivity contribution in [2.75, 3.05) is 0 Å². The second kappa shape index (κ2) is 4.58. The van der Waals surface area contributed by atoms with Gasteiger partial charge in [-0.1, -0.05) is 12.1 Å². The van der Waals surface area contributed by atoms with Gasteiger partial charge in [0, 0.05) is 6.07 Å². The lowest BCUT2D eigenvalue weighted by atomic mass is 10.3. The van der Waals surface area contributed by atoms with Crippen molar-refractivity contribution in [2.45, 2.75) is 10.2 Å². The van der Waals surface area contributed by atoms with Crippen LogP contribution in [0.1, 0.15) is 0 Å². The summed E-state index contributed by atoms with van der Waals surface area (Å²) in [6, 6.07) is 7.39. The van der Waals surface area contributed by atoms with Crippen molar-refractivity contribution < 1.29 is 17.6 Å². The molecule has 19 heavy (non-hydrogen) atoms. The first kappa shape index (κ1) is 12.0. The quantitative estimate of drug-likeness (QED) is 0.670. The monoisotopic (exact) mass is 282 g/mol. The van der Waals surface area contributed by atoms with Crippen LogP contribution in [-0.4, -0.2) is 9.97 Å². The van der Waals surface area contributed by atoms with E-state index < -0.39 is 17.6 Å². The summed E-state index contributed by atoms with van der Waals surface area (Å²) in [6.45, 7) is 0. The van der Waals surface area contributed by atoms with Gasteiger partial charge in [-0.3, -0.25) is 0 Å². The Labute approximate surface area is 109 Å². The zero-order valence-corrected chi connectivity index (χ0v) is 10.0. The molecule has 0 N–H and O–H groups in total. The fourth-order valence-corrected chi connectivity index (χ4v) is 2.20. The van der Waals surface area contributed by atoms with Crippen molar-refractivity contribution >= 4 is 22.9 Å². The highest BCUT2D eigenvalue weighted by Gasteiger charge is 2.15. The molecule has 1 aromatic carbocycles. The van der Waals surface area contributed by atoms with Crippen LogP contribution in [-0.2, 0) is 0 Å². The van der Waals surface area contributed by atoms with Gasteiger partial charge in [0.15, 0.2) is 17.2 Å². The zero-order valence-electron chi connectivity index (χ0n) is 9.23. The predicted molar refractivity (Wildman–Crippen MR) is 62.2 cm³/mol. The number of oxazole rings is 1. The van der Waals surface area contributed by atoms with E-state index in [0.29, 0.717) is 28.9 Å². The first-order valence-corrected chi connectivity index (χ1v) is 6.00. The summed E-state index contributed by atoms with van der Waals surface area (Å²) in [4.78, 5) is 7.26. The Morgan fingerprint density at radius 1 is 1.00 bits per heavy atom. The Morgan fingerprint density at radius 3 is 2.58 bits per heavy atom. The fourth-order valence-electron chi connectivity index (χ4n) is 1.48.